The lowest BCUT2D eigenvalue weighted by atomic mass is 10.0. The maximum Gasteiger partial charge on any atom is 0.314 e. The van der Waals surface area contributed by atoms with Crippen LogP contribution in [0.5, 0.6) is 0 Å². The minimum Gasteiger partial charge on any atom is -0.469 e. The predicted molar refractivity (Wildman–Crippen MR) is 60.8 cm³/mol. The van der Waals surface area contributed by atoms with Crippen LogP contribution in [0.4, 0.5) is 0 Å². The molecule has 1 rings (SSSR count). The molecule has 1 atom stereocenters. The molecule has 0 N–H and O–H groups in total. The lowest BCUT2D eigenvalue weighted by Gasteiger charge is -2.12. The third-order valence-corrected chi connectivity index (χ3v) is 3.16. The summed E-state index contributed by atoms with van der Waals surface area (Å²) in [5.41, 5.74) is 0.568. The van der Waals surface area contributed by atoms with E-state index in [0.717, 1.165) is 0 Å². The third-order valence-electron chi connectivity index (χ3n) is 2.05. The molecule has 4 nitrogen and oxygen atoms in total. The number of ether oxygens (including phenoxy) is 1. The van der Waals surface area contributed by atoms with Crippen molar-refractivity contribution in [3.63, 3.8) is 0 Å². The second-order valence-corrected chi connectivity index (χ2v) is 6.01. The molecule has 0 aliphatic carbocycles. The first-order valence-corrected chi connectivity index (χ1v) is 6.97. The average molecular weight is 263 g/mol. The highest BCUT2D eigenvalue weighted by Gasteiger charge is 2.26. The van der Waals surface area contributed by atoms with E-state index in [1.54, 1.807) is 30.3 Å². The summed E-state index contributed by atoms with van der Waals surface area (Å²) in [4.78, 5) is 11.4. The number of benzene rings is 1. The fraction of sp³-hybridized carbons (Fsp3) is 0.300. The molecule has 0 saturated carbocycles. The van der Waals surface area contributed by atoms with E-state index in [1.807, 2.05) is 0 Å². The zero-order valence-corrected chi connectivity index (χ0v) is 10.2. The average Bonchev–Trinajstić information content (AvgIpc) is 2.25. The second kappa shape index (κ2) is 5.32. The van der Waals surface area contributed by atoms with E-state index >= 15 is 0 Å². The molecule has 0 spiro atoms. The van der Waals surface area contributed by atoms with Crippen LogP contribution in [0.1, 0.15) is 11.5 Å². The predicted octanol–water partition coefficient (Wildman–Crippen LogP) is 1.51. The lowest BCUT2D eigenvalue weighted by Crippen LogP contribution is -2.21. The molecule has 0 radical (unpaired) electrons. The minimum atomic E-state index is -3.76. The molecule has 0 bridgehead atoms. The summed E-state index contributed by atoms with van der Waals surface area (Å²) >= 11 is 0. The first-order chi connectivity index (χ1) is 7.44. The van der Waals surface area contributed by atoms with Gasteiger partial charge in [0.25, 0.3) is 0 Å². The van der Waals surface area contributed by atoms with Crippen LogP contribution in [0.25, 0.3) is 0 Å². The van der Waals surface area contributed by atoms with Crippen LogP contribution in [0.2, 0.25) is 0 Å². The fourth-order valence-electron chi connectivity index (χ4n) is 1.33. The molecule has 0 saturated heterocycles. The van der Waals surface area contributed by atoms with Crippen LogP contribution in [-0.4, -0.2) is 27.2 Å². The number of methoxy groups -OCH3 is 1. The van der Waals surface area contributed by atoms with Gasteiger partial charge in [0.15, 0.2) is 0 Å². The van der Waals surface area contributed by atoms with Gasteiger partial charge in [-0.25, -0.2) is 8.42 Å². The topological polar surface area (TPSA) is 60.4 Å². The Morgan fingerprint density at radius 1 is 1.38 bits per heavy atom. The summed E-state index contributed by atoms with van der Waals surface area (Å²) in [6.07, 6.45) is 0. The highest BCUT2D eigenvalue weighted by Crippen LogP contribution is 2.20. The molecule has 0 unspecified atom stereocenters. The molecule has 0 aromatic heterocycles. The molecule has 1 aromatic rings. The molecule has 0 amide bonds. The quantitative estimate of drug-likeness (QED) is 0.610. The monoisotopic (exact) mass is 262 g/mol. The van der Waals surface area contributed by atoms with Crippen LogP contribution in [0.15, 0.2) is 30.3 Å². The van der Waals surface area contributed by atoms with E-state index in [4.69, 9.17) is 10.7 Å². The van der Waals surface area contributed by atoms with E-state index in [2.05, 4.69) is 4.74 Å². The van der Waals surface area contributed by atoms with Crippen molar-refractivity contribution in [1.82, 2.24) is 0 Å². The van der Waals surface area contributed by atoms with Crippen LogP contribution in [0.3, 0.4) is 0 Å². The van der Waals surface area contributed by atoms with Gasteiger partial charge < -0.3 is 4.74 Å². The van der Waals surface area contributed by atoms with Gasteiger partial charge in [0, 0.05) is 10.7 Å². The van der Waals surface area contributed by atoms with Gasteiger partial charge in [0.05, 0.1) is 18.8 Å². The van der Waals surface area contributed by atoms with Gasteiger partial charge in [0.1, 0.15) is 0 Å². The Balaban J connectivity index is 3.02. The summed E-state index contributed by atoms with van der Waals surface area (Å²) in [6.45, 7) is 0. The van der Waals surface area contributed by atoms with Gasteiger partial charge in [0.2, 0.25) is 9.05 Å². The van der Waals surface area contributed by atoms with Crippen LogP contribution in [-0.2, 0) is 18.6 Å². The summed E-state index contributed by atoms with van der Waals surface area (Å²) in [5, 5.41) is 0. The maximum absolute atomic E-state index is 11.4. The number of carbonyl (C=O) groups excluding carboxylic acids is 1. The first-order valence-electron chi connectivity index (χ1n) is 4.49. The van der Waals surface area contributed by atoms with Crippen molar-refractivity contribution in [2.24, 2.45) is 0 Å². The molecule has 0 aliphatic rings. The molecular formula is C10H11ClO4S. The van der Waals surface area contributed by atoms with Crippen molar-refractivity contribution >= 4 is 25.7 Å². The highest BCUT2D eigenvalue weighted by molar-refractivity contribution is 8.13. The molecule has 0 fully saturated rings. The Hall–Kier alpha value is -1.07. The van der Waals surface area contributed by atoms with Gasteiger partial charge in [-0.1, -0.05) is 30.3 Å². The Kier molecular flexibility index (Phi) is 4.32. The molecule has 0 heterocycles. The standard InChI is InChI=1S/C10H11ClO4S/c1-15-10(12)9(7-16(11,13)14)8-5-3-2-4-6-8/h2-6,9H,7H2,1H3/t9-/m1/s1. The first kappa shape index (κ1) is 13.0. The molecule has 16 heavy (non-hydrogen) atoms. The smallest absolute Gasteiger partial charge is 0.314 e. The van der Waals surface area contributed by atoms with Crippen molar-refractivity contribution in [3.8, 4) is 0 Å². The molecule has 0 aliphatic heterocycles. The minimum absolute atomic E-state index is 0.467. The summed E-state index contributed by atoms with van der Waals surface area (Å²) < 4.78 is 26.5. The molecule has 88 valence electrons. The number of carbonyl (C=O) groups is 1. The second-order valence-electron chi connectivity index (χ2n) is 3.19. The third kappa shape index (κ3) is 3.83. The highest BCUT2D eigenvalue weighted by atomic mass is 35.7. The number of rotatable bonds is 4. The fourth-order valence-corrected chi connectivity index (χ4v) is 2.43. The van der Waals surface area contributed by atoms with Gasteiger partial charge in [-0.3, -0.25) is 4.79 Å². The molecule has 1 aromatic carbocycles. The number of hydrogen-bond donors (Lipinski definition) is 0. The van der Waals surface area contributed by atoms with Crippen molar-refractivity contribution in [2.75, 3.05) is 12.9 Å². The van der Waals surface area contributed by atoms with Crippen molar-refractivity contribution in [1.29, 1.82) is 0 Å². The maximum atomic E-state index is 11.4. The van der Waals surface area contributed by atoms with Crippen molar-refractivity contribution in [2.45, 2.75) is 5.92 Å². The van der Waals surface area contributed by atoms with E-state index in [-0.39, 0.29) is 0 Å². The molecular weight excluding hydrogens is 252 g/mol. The summed E-state index contributed by atoms with van der Waals surface area (Å²) in [6, 6.07) is 8.51. The van der Waals surface area contributed by atoms with Gasteiger partial charge in [-0.2, -0.15) is 0 Å². The van der Waals surface area contributed by atoms with Crippen molar-refractivity contribution in [3.05, 3.63) is 35.9 Å². The van der Waals surface area contributed by atoms with E-state index < -0.39 is 26.7 Å². The van der Waals surface area contributed by atoms with Crippen LogP contribution < -0.4 is 0 Å². The largest absolute Gasteiger partial charge is 0.469 e. The SMILES string of the molecule is COC(=O)[C@H](CS(=O)(=O)Cl)c1ccccc1. The number of esters is 1. The Bertz CT molecular complexity index is 455. The van der Waals surface area contributed by atoms with Crippen LogP contribution >= 0.6 is 10.7 Å². The Labute approximate surface area is 98.6 Å². The lowest BCUT2D eigenvalue weighted by molar-refractivity contribution is -0.141. The van der Waals surface area contributed by atoms with Crippen molar-refractivity contribution < 1.29 is 17.9 Å². The zero-order chi connectivity index (χ0) is 12.2. The molecule has 6 heteroatoms. The van der Waals surface area contributed by atoms with E-state index in [0.29, 0.717) is 5.56 Å². The number of hydrogen-bond acceptors (Lipinski definition) is 4. The Morgan fingerprint density at radius 3 is 2.38 bits per heavy atom. The Morgan fingerprint density at radius 2 is 1.94 bits per heavy atom. The van der Waals surface area contributed by atoms with E-state index in [9.17, 15) is 13.2 Å². The van der Waals surface area contributed by atoms with E-state index in [1.165, 1.54) is 7.11 Å². The summed E-state index contributed by atoms with van der Waals surface area (Å²) in [7, 11) is 2.60. The van der Waals surface area contributed by atoms with Gasteiger partial charge >= 0.3 is 5.97 Å². The zero-order valence-electron chi connectivity index (χ0n) is 8.59. The van der Waals surface area contributed by atoms with Crippen LogP contribution in [0, 0.1) is 0 Å². The van der Waals surface area contributed by atoms with Gasteiger partial charge in [-0.05, 0) is 5.56 Å². The normalized spacial score (nSPS) is 13.1. The number of halogens is 1. The van der Waals surface area contributed by atoms with Gasteiger partial charge in [-0.15, -0.1) is 0 Å². The summed E-state index contributed by atoms with van der Waals surface area (Å²) in [5.74, 6) is -1.96.